The van der Waals surface area contributed by atoms with Crippen LogP contribution in [0.15, 0.2) is 12.3 Å². The molecule has 0 fully saturated rings. The predicted molar refractivity (Wildman–Crippen MR) is 63.8 cm³/mol. The van der Waals surface area contributed by atoms with Gasteiger partial charge in [0.25, 0.3) is 0 Å². The number of halogens is 1. The second kappa shape index (κ2) is 6.07. The van der Waals surface area contributed by atoms with Gasteiger partial charge in [0.05, 0.1) is 6.20 Å². The molecule has 6 heteroatoms. The molecule has 0 aliphatic carbocycles. The number of nitrogen functional groups attached to an aromatic ring is 1. The molecule has 1 aromatic heterocycles. The molecule has 0 spiro atoms. The fourth-order valence-electron chi connectivity index (χ4n) is 1.03. The average molecular weight is 241 g/mol. The van der Waals surface area contributed by atoms with Gasteiger partial charge in [-0.25, -0.2) is 9.97 Å². The number of anilines is 1. The minimum Gasteiger partial charge on any atom is -0.382 e. The van der Waals surface area contributed by atoms with Crippen molar-refractivity contribution >= 4 is 29.4 Å². The third-order valence-corrected chi connectivity index (χ3v) is 2.01. The molecule has 1 aromatic rings. The number of hydrogen-bond acceptors (Lipinski definition) is 4. The summed E-state index contributed by atoms with van der Waals surface area (Å²) in [5.41, 5.74) is 5.98. The molecule has 1 amide bonds. The summed E-state index contributed by atoms with van der Waals surface area (Å²) in [5.74, 6) is 0.249. The molecule has 0 aliphatic rings. The highest BCUT2D eigenvalue weighted by Gasteiger charge is 1.99. The Bertz CT molecular complexity index is 406. The number of rotatable bonds is 4. The number of nitrogens with one attached hydrogen (secondary N) is 1. The Morgan fingerprint density at radius 3 is 3.06 bits per heavy atom. The Labute approximate surface area is 98.7 Å². The molecule has 0 aromatic carbocycles. The topological polar surface area (TPSA) is 80.9 Å². The summed E-state index contributed by atoms with van der Waals surface area (Å²) in [4.78, 5) is 18.5. The van der Waals surface area contributed by atoms with Crippen molar-refractivity contribution in [2.24, 2.45) is 0 Å². The molecule has 0 aliphatic heterocycles. The van der Waals surface area contributed by atoms with Crippen molar-refractivity contribution in [3.8, 4) is 0 Å². The largest absolute Gasteiger partial charge is 0.382 e. The van der Waals surface area contributed by atoms with Crippen LogP contribution in [0.25, 0.3) is 6.08 Å². The second-order valence-electron chi connectivity index (χ2n) is 3.14. The van der Waals surface area contributed by atoms with Crippen LogP contribution in [-0.4, -0.2) is 22.4 Å². The van der Waals surface area contributed by atoms with Crippen LogP contribution < -0.4 is 11.1 Å². The fourth-order valence-corrected chi connectivity index (χ4v) is 1.24. The van der Waals surface area contributed by atoms with Crippen LogP contribution in [0.3, 0.4) is 0 Å². The van der Waals surface area contributed by atoms with Crippen molar-refractivity contribution in [3.63, 3.8) is 0 Å². The highest BCUT2D eigenvalue weighted by atomic mass is 35.5. The lowest BCUT2D eigenvalue weighted by molar-refractivity contribution is -0.118. The Kier molecular flexibility index (Phi) is 4.72. The van der Waals surface area contributed by atoms with E-state index in [4.69, 9.17) is 17.3 Å². The smallest absolute Gasteiger partial charge is 0.216 e. The molecule has 86 valence electrons. The Hall–Kier alpha value is -1.62. The molecule has 1 rings (SSSR count). The highest BCUT2D eigenvalue weighted by molar-refractivity contribution is 6.30. The summed E-state index contributed by atoms with van der Waals surface area (Å²) in [5, 5.41) is 2.95. The summed E-state index contributed by atoms with van der Waals surface area (Å²) >= 11 is 5.82. The van der Waals surface area contributed by atoms with E-state index in [9.17, 15) is 4.79 Å². The lowest BCUT2D eigenvalue weighted by Crippen LogP contribution is -2.20. The summed E-state index contributed by atoms with van der Waals surface area (Å²) in [6, 6.07) is 0. The second-order valence-corrected chi connectivity index (χ2v) is 3.50. The molecule has 16 heavy (non-hydrogen) atoms. The molecule has 3 N–H and O–H groups in total. The van der Waals surface area contributed by atoms with Crippen molar-refractivity contribution in [2.75, 3.05) is 12.3 Å². The molecule has 0 radical (unpaired) electrons. The summed E-state index contributed by atoms with van der Waals surface area (Å²) in [7, 11) is 0. The van der Waals surface area contributed by atoms with Crippen LogP contribution >= 0.6 is 11.6 Å². The molecule has 0 atom stereocenters. The van der Waals surface area contributed by atoms with E-state index in [0.717, 1.165) is 0 Å². The van der Waals surface area contributed by atoms with Gasteiger partial charge in [-0.15, -0.1) is 0 Å². The predicted octanol–water partition coefficient (Wildman–Crippen LogP) is 1.25. The maximum atomic E-state index is 10.6. The average Bonchev–Trinajstić information content (AvgIpc) is 2.20. The number of aromatic nitrogens is 2. The first-order valence-corrected chi connectivity index (χ1v) is 5.16. The number of carbonyl (C=O) groups is 1. The SMILES string of the molecule is CC(=O)NCCC=Cc1ncc(N)nc1Cl. The van der Waals surface area contributed by atoms with Gasteiger partial charge in [0.1, 0.15) is 11.5 Å². The van der Waals surface area contributed by atoms with Gasteiger partial charge in [0.2, 0.25) is 5.91 Å². The zero-order chi connectivity index (χ0) is 12.0. The molecule has 0 unspecified atom stereocenters. The summed E-state index contributed by atoms with van der Waals surface area (Å²) < 4.78 is 0. The summed E-state index contributed by atoms with van der Waals surface area (Å²) in [6.45, 7) is 2.07. The minimum atomic E-state index is -0.0429. The fraction of sp³-hybridized carbons (Fsp3) is 0.300. The normalized spacial score (nSPS) is 10.6. The van der Waals surface area contributed by atoms with Crippen molar-refractivity contribution < 1.29 is 4.79 Å². The third kappa shape index (κ3) is 4.27. The zero-order valence-corrected chi connectivity index (χ0v) is 9.66. The Morgan fingerprint density at radius 1 is 1.69 bits per heavy atom. The van der Waals surface area contributed by atoms with Gasteiger partial charge in [0, 0.05) is 13.5 Å². The van der Waals surface area contributed by atoms with Crippen LogP contribution in [0, 0.1) is 0 Å². The Morgan fingerprint density at radius 2 is 2.44 bits per heavy atom. The lowest BCUT2D eigenvalue weighted by atomic mass is 10.3. The van der Waals surface area contributed by atoms with E-state index >= 15 is 0 Å². The number of carbonyl (C=O) groups excluding carboxylic acids is 1. The number of hydrogen-bond donors (Lipinski definition) is 2. The molecule has 1 heterocycles. The van der Waals surface area contributed by atoms with E-state index in [0.29, 0.717) is 24.5 Å². The van der Waals surface area contributed by atoms with E-state index in [1.165, 1.54) is 13.1 Å². The van der Waals surface area contributed by atoms with Gasteiger partial charge >= 0.3 is 0 Å². The first kappa shape index (κ1) is 12.4. The maximum absolute atomic E-state index is 10.6. The van der Waals surface area contributed by atoms with E-state index < -0.39 is 0 Å². The quantitative estimate of drug-likeness (QED) is 0.777. The van der Waals surface area contributed by atoms with Crippen LogP contribution in [-0.2, 0) is 4.79 Å². The third-order valence-electron chi connectivity index (χ3n) is 1.74. The minimum absolute atomic E-state index is 0.0429. The first-order valence-electron chi connectivity index (χ1n) is 4.78. The van der Waals surface area contributed by atoms with E-state index in [2.05, 4.69) is 15.3 Å². The lowest BCUT2D eigenvalue weighted by Gasteiger charge is -1.98. The maximum Gasteiger partial charge on any atom is 0.216 e. The number of nitrogens with zero attached hydrogens (tertiary/aromatic N) is 2. The molecule has 0 bridgehead atoms. The van der Waals surface area contributed by atoms with Gasteiger partial charge in [-0.2, -0.15) is 0 Å². The van der Waals surface area contributed by atoms with Crippen LogP contribution in [0.2, 0.25) is 5.15 Å². The summed E-state index contributed by atoms with van der Waals surface area (Å²) in [6.07, 6.45) is 5.76. The molecule has 5 nitrogen and oxygen atoms in total. The first-order chi connectivity index (χ1) is 7.59. The van der Waals surface area contributed by atoms with Gasteiger partial charge < -0.3 is 11.1 Å². The van der Waals surface area contributed by atoms with Gasteiger partial charge in [0.15, 0.2) is 5.15 Å². The van der Waals surface area contributed by atoms with Gasteiger partial charge in [-0.3, -0.25) is 4.79 Å². The van der Waals surface area contributed by atoms with E-state index in [1.807, 2.05) is 6.08 Å². The molecule has 0 saturated heterocycles. The highest BCUT2D eigenvalue weighted by Crippen LogP contribution is 2.13. The molecular formula is C10H13ClN4O. The van der Waals surface area contributed by atoms with Gasteiger partial charge in [-0.1, -0.05) is 17.7 Å². The zero-order valence-electron chi connectivity index (χ0n) is 8.90. The van der Waals surface area contributed by atoms with Crippen LogP contribution in [0.4, 0.5) is 5.82 Å². The van der Waals surface area contributed by atoms with Crippen molar-refractivity contribution in [2.45, 2.75) is 13.3 Å². The molecule has 0 saturated carbocycles. The van der Waals surface area contributed by atoms with Crippen molar-refractivity contribution in [1.82, 2.24) is 15.3 Å². The van der Waals surface area contributed by atoms with E-state index in [-0.39, 0.29) is 11.1 Å². The van der Waals surface area contributed by atoms with Gasteiger partial charge in [-0.05, 0) is 12.5 Å². The van der Waals surface area contributed by atoms with Crippen molar-refractivity contribution in [3.05, 3.63) is 23.1 Å². The van der Waals surface area contributed by atoms with Crippen molar-refractivity contribution in [1.29, 1.82) is 0 Å². The van der Waals surface area contributed by atoms with Crippen LogP contribution in [0.5, 0.6) is 0 Å². The van der Waals surface area contributed by atoms with Crippen LogP contribution in [0.1, 0.15) is 19.0 Å². The number of amides is 1. The van der Waals surface area contributed by atoms with E-state index in [1.54, 1.807) is 6.08 Å². The monoisotopic (exact) mass is 240 g/mol. The molecular weight excluding hydrogens is 228 g/mol. The Balaban J connectivity index is 2.47. The standard InChI is InChI=1S/C10H13ClN4O/c1-7(16)13-5-3-2-4-8-10(11)15-9(12)6-14-8/h2,4,6H,3,5H2,1H3,(H2,12,15)(H,13,16). The number of nitrogens with two attached hydrogens (primary N) is 1.